The topological polar surface area (TPSA) is 9.23 Å². The highest BCUT2D eigenvalue weighted by Crippen LogP contribution is 2.55. The summed E-state index contributed by atoms with van der Waals surface area (Å²) in [4.78, 5) is 1.41. The summed E-state index contributed by atoms with van der Waals surface area (Å²) in [5.41, 5.74) is 1.43. The Bertz CT molecular complexity index is 812. The minimum Gasteiger partial charge on any atom is -0.457 e. The SMILES string of the molecule is CC(CCc1ccccc1)S(C)(C)c1cccc(Oc2ccccc2)c1. The van der Waals surface area contributed by atoms with E-state index in [1.807, 2.05) is 36.4 Å². The third kappa shape index (κ3) is 4.70. The van der Waals surface area contributed by atoms with Crippen LogP contribution in [0.5, 0.6) is 11.5 Å². The van der Waals surface area contributed by atoms with Crippen molar-refractivity contribution in [3.05, 3.63) is 90.5 Å². The van der Waals surface area contributed by atoms with E-state index in [9.17, 15) is 0 Å². The van der Waals surface area contributed by atoms with E-state index in [1.54, 1.807) is 0 Å². The maximum atomic E-state index is 6.04. The van der Waals surface area contributed by atoms with Crippen molar-refractivity contribution in [3.8, 4) is 11.5 Å². The molecule has 0 aromatic heterocycles. The van der Waals surface area contributed by atoms with Crippen molar-refractivity contribution in [2.45, 2.75) is 29.9 Å². The third-order valence-electron chi connectivity index (χ3n) is 5.08. The Morgan fingerprint density at radius 1 is 0.769 bits per heavy atom. The number of hydrogen-bond donors (Lipinski definition) is 0. The Labute approximate surface area is 159 Å². The molecule has 0 N–H and O–H groups in total. The average Bonchev–Trinajstić information content (AvgIpc) is 2.68. The molecular weight excluding hydrogens is 336 g/mol. The number of hydrogen-bond acceptors (Lipinski definition) is 1. The van der Waals surface area contributed by atoms with Crippen LogP contribution in [-0.2, 0) is 6.42 Å². The Morgan fingerprint density at radius 3 is 2.08 bits per heavy atom. The van der Waals surface area contributed by atoms with Gasteiger partial charge in [0.15, 0.2) is 0 Å². The lowest BCUT2D eigenvalue weighted by Crippen LogP contribution is -2.14. The molecule has 2 heteroatoms. The van der Waals surface area contributed by atoms with Crippen LogP contribution in [0.4, 0.5) is 0 Å². The van der Waals surface area contributed by atoms with Gasteiger partial charge in [0.1, 0.15) is 11.5 Å². The lowest BCUT2D eigenvalue weighted by molar-refractivity contribution is 0.481. The van der Waals surface area contributed by atoms with Crippen LogP contribution in [-0.4, -0.2) is 17.8 Å². The van der Waals surface area contributed by atoms with Gasteiger partial charge in [0, 0.05) is 0 Å². The van der Waals surface area contributed by atoms with Crippen molar-refractivity contribution in [2.75, 3.05) is 12.5 Å². The van der Waals surface area contributed by atoms with E-state index in [-0.39, 0.29) is 0 Å². The predicted molar refractivity (Wildman–Crippen MR) is 115 cm³/mol. The maximum absolute atomic E-state index is 6.04. The minimum atomic E-state index is -0.904. The van der Waals surface area contributed by atoms with Crippen molar-refractivity contribution < 1.29 is 4.74 Å². The Hall–Kier alpha value is -2.19. The molecule has 0 saturated carbocycles. The maximum Gasteiger partial charge on any atom is 0.128 e. The fraction of sp³-hybridized carbons (Fsp3) is 0.250. The summed E-state index contributed by atoms with van der Waals surface area (Å²) in [6, 6.07) is 29.4. The molecule has 1 nitrogen and oxygen atoms in total. The molecule has 0 aliphatic rings. The van der Waals surface area contributed by atoms with Crippen molar-refractivity contribution in [2.24, 2.45) is 0 Å². The predicted octanol–water partition coefficient (Wildman–Crippen LogP) is 6.92. The van der Waals surface area contributed by atoms with E-state index < -0.39 is 10.0 Å². The zero-order chi connectivity index (χ0) is 18.4. The van der Waals surface area contributed by atoms with Crippen molar-refractivity contribution in [3.63, 3.8) is 0 Å². The number of rotatable bonds is 7. The van der Waals surface area contributed by atoms with E-state index in [2.05, 4.69) is 68.0 Å². The summed E-state index contributed by atoms with van der Waals surface area (Å²) in [5.74, 6) is 1.80. The summed E-state index contributed by atoms with van der Waals surface area (Å²) < 4.78 is 6.04. The molecule has 0 fully saturated rings. The van der Waals surface area contributed by atoms with Gasteiger partial charge in [-0.2, -0.15) is 0 Å². The highest BCUT2D eigenvalue weighted by Gasteiger charge is 2.23. The average molecular weight is 365 g/mol. The van der Waals surface area contributed by atoms with Crippen molar-refractivity contribution in [1.82, 2.24) is 0 Å². The van der Waals surface area contributed by atoms with Gasteiger partial charge in [0.05, 0.1) is 0 Å². The van der Waals surface area contributed by atoms with Crippen LogP contribution in [0.3, 0.4) is 0 Å². The second-order valence-electron chi connectivity index (χ2n) is 7.13. The molecule has 3 aromatic rings. The molecule has 136 valence electrons. The fourth-order valence-electron chi connectivity index (χ4n) is 3.03. The van der Waals surface area contributed by atoms with Crippen molar-refractivity contribution in [1.29, 1.82) is 0 Å². The van der Waals surface area contributed by atoms with Gasteiger partial charge < -0.3 is 4.74 Å². The van der Waals surface area contributed by atoms with Gasteiger partial charge in [0.2, 0.25) is 0 Å². The Balaban J connectivity index is 1.70. The van der Waals surface area contributed by atoms with Gasteiger partial charge in [0.25, 0.3) is 0 Å². The first-order valence-electron chi connectivity index (χ1n) is 9.15. The normalized spacial score (nSPS) is 13.2. The molecule has 0 aliphatic carbocycles. The number of aryl methyl sites for hydroxylation is 1. The minimum absolute atomic E-state index is 0.648. The van der Waals surface area contributed by atoms with Crippen molar-refractivity contribution >= 4 is 10.0 Å². The number of benzene rings is 3. The summed E-state index contributed by atoms with van der Waals surface area (Å²) in [6.45, 7) is 2.39. The van der Waals surface area contributed by atoms with E-state index >= 15 is 0 Å². The van der Waals surface area contributed by atoms with Crippen LogP contribution in [0, 0.1) is 0 Å². The molecule has 1 atom stereocenters. The molecule has 1 unspecified atom stereocenters. The van der Waals surface area contributed by atoms with E-state index in [1.165, 1.54) is 16.9 Å². The molecular formula is C24H28OS. The van der Waals surface area contributed by atoms with Crippen LogP contribution in [0.15, 0.2) is 89.8 Å². The first-order valence-corrected chi connectivity index (χ1v) is 11.7. The quantitative estimate of drug-likeness (QED) is 0.442. The van der Waals surface area contributed by atoms with Crippen LogP contribution in [0.1, 0.15) is 18.9 Å². The zero-order valence-electron chi connectivity index (χ0n) is 15.9. The standard InChI is InChI=1S/C24H28OS/c1-20(17-18-21-11-6-4-7-12-21)26(2,3)24-16-10-15-23(19-24)25-22-13-8-5-9-14-22/h4-16,19-20H,17-18H2,1-3H3. The van der Waals surface area contributed by atoms with Gasteiger partial charge in [-0.25, -0.2) is 10.0 Å². The highest BCUT2D eigenvalue weighted by atomic mass is 32.3. The lowest BCUT2D eigenvalue weighted by Gasteiger charge is -2.38. The highest BCUT2D eigenvalue weighted by molar-refractivity contribution is 8.33. The van der Waals surface area contributed by atoms with Gasteiger partial charge in [-0.05, 0) is 71.4 Å². The van der Waals surface area contributed by atoms with Gasteiger partial charge >= 0.3 is 0 Å². The third-order valence-corrected chi connectivity index (χ3v) is 8.80. The molecule has 0 radical (unpaired) electrons. The van der Waals surface area contributed by atoms with E-state index in [0.29, 0.717) is 5.25 Å². The first-order chi connectivity index (χ1) is 12.6. The monoisotopic (exact) mass is 364 g/mol. The molecule has 26 heavy (non-hydrogen) atoms. The molecule has 0 spiro atoms. The summed E-state index contributed by atoms with van der Waals surface area (Å²) in [7, 11) is -0.904. The molecule has 0 heterocycles. The molecule has 0 amide bonds. The summed E-state index contributed by atoms with van der Waals surface area (Å²) >= 11 is 0. The van der Waals surface area contributed by atoms with Crippen LogP contribution in [0.2, 0.25) is 0 Å². The second kappa shape index (κ2) is 8.46. The smallest absolute Gasteiger partial charge is 0.128 e. The summed E-state index contributed by atoms with van der Waals surface area (Å²) in [5, 5.41) is 0.648. The van der Waals surface area contributed by atoms with Gasteiger partial charge in [-0.3, -0.25) is 0 Å². The second-order valence-corrected chi connectivity index (χ2v) is 11.2. The van der Waals surface area contributed by atoms with E-state index in [0.717, 1.165) is 17.9 Å². The first kappa shape index (κ1) is 18.6. The summed E-state index contributed by atoms with van der Waals surface area (Å²) in [6.07, 6.45) is 7.18. The molecule has 0 aliphatic heterocycles. The van der Waals surface area contributed by atoms with Crippen LogP contribution >= 0.6 is 10.0 Å². The van der Waals surface area contributed by atoms with Crippen LogP contribution < -0.4 is 4.74 Å². The molecule has 0 saturated heterocycles. The lowest BCUT2D eigenvalue weighted by atomic mass is 10.1. The molecule has 0 bridgehead atoms. The van der Waals surface area contributed by atoms with E-state index in [4.69, 9.17) is 4.74 Å². The molecule has 3 aromatic carbocycles. The van der Waals surface area contributed by atoms with Gasteiger partial charge in [-0.1, -0.05) is 61.5 Å². The number of para-hydroxylation sites is 1. The Morgan fingerprint density at radius 2 is 1.38 bits per heavy atom. The zero-order valence-corrected chi connectivity index (χ0v) is 16.7. The Kier molecular flexibility index (Phi) is 6.05. The fourth-order valence-corrected chi connectivity index (χ4v) is 5.05. The molecule has 3 rings (SSSR count). The van der Waals surface area contributed by atoms with Gasteiger partial charge in [-0.15, -0.1) is 0 Å². The largest absolute Gasteiger partial charge is 0.457 e. The van der Waals surface area contributed by atoms with Crippen LogP contribution in [0.25, 0.3) is 0 Å². The number of ether oxygens (including phenoxy) is 1.